The minimum Gasteiger partial charge on any atom is -0.368 e. The number of aromatic nitrogens is 1. The number of anilines is 1. The summed E-state index contributed by atoms with van der Waals surface area (Å²) in [6.07, 6.45) is 3.80. The van der Waals surface area contributed by atoms with Crippen molar-refractivity contribution >= 4 is 21.6 Å². The van der Waals surface area contributed by atoms with E-state index in [0.717, 1.165) is 30.6 Å². The van der Waals surface area contributed by atoms with Crippen molar-refractivity contribution in [2.75, 3.05) is 18.4 Å². The zero-order valence-electron chi connectivity index (χ0n) is 16.9. The van der Waals surface area contributed by atoms with E-state index in [2.05, 4.69) is 22.1 Å². The Bertz CT molecular complexity index is 1070. The number of piperidine rings is 1. The lowest BCUT2D eigenvalue weighted by atomic mass is 9.87. The minimum absolute atomic E-state index is 0.0740. The van der Waals surface area contributed by atoms with Gasteiger partial charge in [-0.3, -0.25) is 4.79 Å². The van der Waals surface area contributed by atoms with Crippen molar-refractivity contribution in [3.8, 4) is 0 Å². The number of hydrogen-bond acceptors (Lipinski definition) is 6. The highest BCUT2D eigenvalue weighted by molar-refractivity contribution is 7.89. The van der Waals surface area contributed by atoms with Crippen molar-refractivity contribution in [2.24, 2.45) is 11.8 Å². The van der Waals surface area contributed by atoms with Crippen LogP contribution in [0.2, 0.25) is 0 Å². The third kappa shape index (κ3) is 3.39. The SMILES string of the molecule is C[C@@H]1CCc2onc(C(=O)N3CCC([C@@H]4Nc5ccccc5S(=O)(=O)N4)CC3)c2C1. The Morgan fingerprint density at radius 2 is 1.97 bits per heavy atom. The molecule has 0 saturated carbocycles. The average Bonchev–Trinajstić information content (AvgIpc) is 3.16. The first-order valence-electron chi connectivity index (χ1n) is 10.6. The summed E-state index contributed by atoms with van der Waals surface area (Å²) in [6, 6.07) is 6.92. The summed E-state index contributed by atoms with van der Waals surface area (Å²) in [6.45, 7) is 3.33. The van der Waals surface area contributed by atoms with Gasteiger partial charge in [-0.1, -0.05) is 24.2 Å². The van der Waals surface area contributed by atoms with Crippen molar-refractivity contribution in [1.82, 2.24) is 14.8 Å². The van der Waals surface area contributed by atoms with Gasteiger partial charge in [-0.15, -0.1) is 0 Å². The predicted octanol–water partition coefficient (Wildman–Crippen LogP) is 2.38. The summed E-state index contributed by atoms with van der Waals surface area (Å²) in [5.74, 6) is 1.41. The van der Waals surface area contributed by atoms with E-state index in [9.17, 15) is 13.2 Å². The minimum atomic E-state index is -3.54. The predicted molar refractivity (Wildman–Crippen MR) is 110 cm³/mol. The summed E-state index contributed by atoms with van der Waals surface area (Å²) >= 11 is 0. The third-order valence-corrected chi connectivity index (χ3v) is 8.06. The molecular weight excluding hydrogens is 404 g/mol. The van der Waals surface area contributed by atoms with Crippen LogP contribution in [-0.4, -0.2) is 43.6 Å². The van der Waals surface area contributed by atoms with Crippen LogP contribution in [-0.2, 0) is 22.9 Å². The van der Waals surface area contributed by atoms with Gasteiger partial charge in [0.1, 0.15) is 10.7 Å². The molecule has 160 valence electrons. The highest BCUT2D eigenvalue weighted by atomic mass is 32.2. The maximum atomic E-state index is 13.1. The molecular formula is C21H26N4O4S. The number of nitrogens with zero attached hydrogens (tertiary/aromatic N) is 2. The standard InChI is InChI=1S/C21H26N4O4S/c1-13-6-7-17-15(12-13)19(23-29-17)21(26)25-10-8-14(9-11-25)20-22-16-4-2-3-5-18(16)30(27,28)24-20/h2-5,13-14,20,22,24H,6-12H2,1H3/t13-,20-/m1/s1. The van der Waals surface area contributed by atoms with Crippen LogP contribution < -0.4 is 10.0 Å². The van der Waals surface area contributed by atoms with Crippen molar-refractivity contribution in [1.29, 1.82) is 0 Å². The van der Waals surface area contributed by atoms with E-state index < -0.39 is 10.0 Å². The normalized spacial score (nSPS) is 25.8. The number of para-hydroxylation sites is 1. The summed E-state index contributed by atoms with van der Waals surface area (Å²) in [4.78, 5) is 15.2. The van der Waals surface area contributed by atoms with E-state index in [4.69, 9.17) is 4.52 Å². The topological polar surface area (TPSA) is 105 Å². The number of hydrogen-bond donors (Lipinski definition) is 2. The number of fused-ring (bicyclic) bond motifs is 2. The molecule has 1 saturated heterocycles. The van der Waals surface area contributed by atoms with Gasteiger partial charge in [0, 0.05) is 25.1 Å². The van der Waals surface area contributed by atoms with Gasteiger partial charge in [-0.2, -0.15) is 4.72 Å². The van der Waals surface area contributed by atoms with Crippen LogP contribution in [0.25, 0.3) is 0 Å². The largest absolute Gasteiger partial charge is 0.368 e. The first-order valence-corrected chi connectivity index (χ1v) is 12.1. The van der Waals surface area contributed by atoms with Crippen molar-refractivity contribution in [3.63, 3.8) is 0 Å². The number of amides is 1. The molecule has 30 heavy (non-hydrogen) atoms. The summed E-state index contributed by atoms with van der Waals surface area (Å²) in [5.41, 5.74) is 2.06. The Kier molecular flexibility index (Phi) is 4.82. The number of aryl methyl sites for hydroxylation is 1. The number of nitrogens with one attached hydrogen (secondary N) is 2. The molecule has 1 aromatic heterocycles. The van der Waals surface area contributed by atoms with Gasteiger partial charge < -0.3 is 14.7 Å². The van der Waals surface area contributed by atoms with Gasteiger partial charge in [0.05, 0.1) is 11.9 Å². The van der Waals surface area contributed by atoms with Gasteiger partial charge >= 0.3 is 0 Å². The molecule has 2 aromatic rings. The van der Waals surface area contributed by atoms with Crippen LogP contribution in [0, 0.1) is 11.8 Å². The average molecular weight is 431 g/mol. The molecule has 8 nitrogen and oxygen atoms in total. The number of sulfonamides is 1. The van der Waals surface area contributed by atoms with Crippen molar-refractivity contribution in [3.05, 3.63) is 41.3 Å². The Morgan fingerprint density at radius 3 is 2.77 bits per heavy atom. The fraction of sp³-hybridized carbons (Fsp3) is 0.524. The molecule has 1 fully saturated rings. The fourth-order valence-electron chi connectivity index (χ4n) is 4.79. The molecule has 2 aliphatic heterocycles. The van der Waals surface area contributed by atoms with E-state index >= 15 is 0 Å². The van der Waals surface area contributed by atoms with Gasteiger partial charge in [0.15, 0.2) is 5.69 Å². The lowest BCUT2D eigenvalue weighted by Crippen LogP contribution is -2.52. The molecule has 0 spiro atoms. The summed E-state index contributed by atoms with van der Waals surface area (Å²) in [7, 11) is -3.54. The molecule has 2 N–H and O–H groups in total. The van der Waals surface area contributed by atoms with E-state index in [1.807, 2.05) is 11.0 Å². The van der Waals surface area contributed by atoms with Gasteiger partial charge in [0.2, 0.25) is 10.0 Å². The molecule has 9 heteroatoms. The third-order valence-electron chi connectivity index (χ3n) is 6.56. The van der Waals surface area contributed by atoms with Crippen LogP contribution in [0.5, 0.6) is 0 Å². The molecule has 0 radical (unpaired) electrons. The highest BCUT2D eigenvalue weighted by Crippen LogP contribution is 2.32. The molecule has 1 aromatic carbocycles. The molecule has 2 atom stereocenters. The number of carbonyl (C=O) groups is 1. The molecule has 3 heterocycles. The molecule has 1 aliphatic carbocycles. The monoisotopic (exact) mass is 430 g/mol. The zero-order chi connectivity index (χ0) is 20.9. The summed E-state index contributed by atoms with van der Waals surface area (Å²) < 4.78 is 33.4. The number of rotatable bonds is 2. The second kappa shape index (κ2) is 7.39. The van der Waals surface area contributed by atoms with Gasteiger partial charge in [0.25, 0.3) is 5.91 Å². The number of benzene rings is 1. The molecule has 5 rings (SSSR count). The first-order chi connectivity index (χ1) is 14.4. The Labute approximate surface area is 176 Å². The van der Waals surface area contributed by atoms with E-state index in [-0.39, 0.29) is 22.9 Å². The van der Waals surface area contributed by atoms with Crippen molar-refractivity contribution in [2.45, 2.75) is 50.1 Å². The Balaban J connectivity index is 1.26. The van der Waals surface area contributed by atoms with E-state index in [0.29, 0.717) is 43.2 Å². The summed E-state index contributed by atoms with van der Waals surface area (Å²) in [5, 5.41) is 7.41. The van der Waals surface area contributed by atoms with Gasteiger partial charge in [-0.05, 0) is 49.7 Å². The second-order valence-electron chi connectivity index (χ2n) is 8.65. The van der Waals surface area contributed by atoms with Crippen LogP contribution >= 0.6 is 0 Å². The van der Waals surface area contributed by atoms with E-state index in [1.165, 1.54) is 0 Å². The van der Waals surface area contributed by atoms with Crippen molar-refractivity contribution < 1.29 is 17.7 Å². The molecule has 0 unspecified atom stereocenters. The van der Waals surface area contributed by atoms with Crippen LogP contribution in [0.15, 0.2) is 33.7 Å². The lowest BCUT2D eigenvalue weighted by molar-refractivity contribution is 0.0667. The maximum Gasteiger partial charge on any atom is 0.276 e. The maximum absolute atomic E-state index is 13.1. The first kappa shape index (κ1) is 19.6. The van der Waals surface area contributed by atoms with Crippen LogP contribution in [0.1, 0.15) is 48.0 Å². The molecule has 3 aliphatic rings. The Hall–Kier alpha value is -2.39. The highest BCUT2D eigenvalue weighted by Gasteiger charge is 2.37. The van der Waals surface area contributed by atoms with E-state index in [1.54, 1.807) is 18.2 Å². The van der Waals surface area contributed by atoms with Crippen LogP contribution in [0.3, 0.4) is 0 Å². The van der Waals surface area contributed by atoms with Gasteiger partial charge in [-0.25, -0.2) is 8.42 Å². The lowest BCUT2D eigenvalue weighted by Gasteiger charge is -2.38. The quantitative estimate of drug-likeness (QED) is 0.758. The number of carbonyl (C=O) groups excluding carboxylic acids is 1. The fourth-order valence-corrected chi connectivity index (χ4v) is 6.18. The molecule has 1 amide bonds. The second-order valence-corrected chi connectivity index (χ2v) is 10.3. The number of likely N-dealkylation sites (tertiary alicyclic amines) is 1. The smallest absolute Gasteiger partial charge is 0.276 e. The molecule has 0 bridgehead atoms. The Morgan fingerprint density at radius 1 is 1.20 bits per heavy atom. The van der Waals surface area contributed by atoms with Crippen LogP contribution in [0.4, 0.5) is 5.69 Å². The zero-order valence-corrected chi connectivity index (χ0v) is 17.7.